The van der Waals surface area contributed by atoms with Gasteiger partial charge in [0.15, 0.2) is 11.8 Å². The van der Waals surface area contributed by atoms with Crippen LogP contribution >= 0.6 is 0 Å². The second-order valence-electron chi connectivity index (χ2n) is 5.76. The number of hydrogen-bond donors (Lipinski definition) is 3. The lowest BCUT2D eigenvalue weighted by Gasteiger charge is -2.12. The zero-order valence-electron chi connectivity index (χ0n) is 14.9. The number of nitrogens with zero attached hydrogens (tertiary/aromatic N) is 2. The van der Waals surface area contributed by atoms with E-state index in [1.165, 1.54) is 6.92 Å². The molecule has 1 atom stereocenters. The van der Waals surface area contributed by atoms with E-state index in [4.69, 9.17) is 9.57 Å². The van der Waals surface area contributed by atoms with Gasteiger partial charge in [-0.2, -0.15) is 10.2 Å². The molecule has 3 N–H and O–H groups in total. The maximum absolute atomic E-state index is 11.8. The standard InChI is InChI=1S/C18H19N5O4/c1-11(24)16(10-27-23-14-5-3-4-6-17(14)26-2)22-21-12-7-8-13-15(9-12)20-18(25)19-13/h3-9,16,23H,10H2,1-2H3,(H2,19,20,25). The van der Waals surface area contributed by atoms with Gasteiger partial charge in [0.25, 0.3) is 0 Å². The van der Waals surface area contributed by atoms with Crippen molar-refractivity contribution in [2.45, 2.75) is 13.0 Å². The Hall–Kier alpha value is -3.46. The Morgan fingerprint density at radius 3 is 2.74 bits per heavy atom. The fourth-order valence-electron chi connectivity index (χ4n) is 2.38. The molecule has 1 aromatic heterocycles. The summed E-state index contributed by atoms with van der Waals surface area (Å²) in [5.41, 5.74) is 4.90. The number of rotatable bonds is 8. The molecule has 27 heavy (non-hydrogen) atoms. The third-order valence-electron chi connectivity index (χ3n) is 3.81. The lowest BCUT2D eigenvalue weighted by Crippen LogP contribution is -2.23. The summed E-state index contributed by atoms with van der Waals surface area (Å²) in [6.07, 6.45) is 0. The van der Waals surface area contributed by atoms with Crippen LogP contribution in [0.25, 0.3) is 11.0 Å². The maximum Gasteiger partial charge on any atom is 0.323 e. The van der Waals surface area contributed by atoms with Crippen LogP contribution in [0.3, 0.4) is 0 Å². The van der Waals surface area contributed by atoms with E-state index in [-0.39, 0.29) is 18.1 Å². The summed E-state index contributed by atoms with van der Waals surface area (Å²) in [5, 5.41) is 8.14. The number of aromatic nitrogens is 2. The number of methoxy groups -OCH3 is 1. The molecule has 0 spiro atoms. The van der Waals surface area contributed by atoms with Crippen molar-refractivity contribution >= 4 is 28.2 Å². The number of hydrogen-bond acceptors (Lipinski definition) is 7. The van der Waals surface area contributed by atoms with Crippen molar-refractivity contribution in [2.75, 3.05) is 19.2 Å². The van der Waals surface area contributed by atoms with Crippen LogP contribution in [0, 0.1) is 0 Å². The fourth-order valence-corrected chi connectivity index (χ4v) is 2.38. The van der Waals surface area contributed by atoms with Crippen molar-refractivity contribution in [3.05, 3.63) is 52.9 Å². The summed E-state index contributed by atoms with van der Waals surface area (Å²) in [5.74, 6) is 0.434. The number of para-hydroxylation sites is 2. The highest BCUT2D eigenvalue weighted by Gasteiger charge is 2.14. The van der Waals surface area contributed by atoms with Gasteiger partial charge in [-0.1, -0.05) is 12.1 Å². The molecule has 2 aromatic carbocycles. The number of ketones is 1. The summed E-state index contributed by atoms with van der Waals surface area (Å²) in [4.78, 5) is 33.8. The highest BCUT2D eigenvalue weighted by atomic mass is 16.6. The SMILES string of the molecule is COc1ccccc1NOCC(N=Nc1ccc2[nH]c(=O)[nH]c2c1)C(C)=O. The van der Waals surface area contributed by atoms with E-state index in [2.05, 4.69) is 25.7 Å². The first-order chi connectivity index (χ1) is 13.1. The first-order valence-corrected chi connectivity index (χ1v) is 8.21. The number of carbonyl (C=O) groups is 1. The van der Waals surface area contributed by atoms with E-state index >= 15 is 0 Å². The Morgan fingerprint density at radius 2 is 1.96 bits per heavy atom. The first kappa shape index (κ1) is 18.3. The summed E-state index contributed by atoms with van der Waals surface area (Å²) in [6, 6.07) is 11.6. The van der Waals surface area contributed by atoms with Crippen molar-refractivity contribution in [1.82, 2.24) is 9.97 Å². The number of azo groups is 1. The summed E-state index contributed by atoms with van der Waals surface area (Å²) < 4.78 is 5.21. The number of imidazole rings is 1. The number of H-pyrrole nitrogens is 2. The number of ether oxygens (including phenoxy) is 1. The van der Waals surface area contributed by atoms with Gasteiger partial charge < -0.3 is 14.7 Å². The number of aromatic amines is 2. The molecule has 0 fully saturated rings. The molecule has 1 heterocycles. The molecule has 3 rings (SSSR count). The average Bonchev–Trinajstić information content (AvgIpc) is 3.03. The number of anilines is 1. The van der Waals surface area contributed by atoms with Crippen molar-refractivity contribution in [3.63, 3.8) is 0 Å². The van der Waals surface area contributed by atoms with E-state index in [9.17, 15) is 9.59 Å². The zero-order valence-corrected chi connectivity index (χ0v) is 14.9. The molecule has 0 saturated heterocycles. The van der Waals surface area contributed by atoms with Gasteiger partial charge in [-0.3, -0.25) is 15.1 Å². The van der Waals surface area contributed by atoms with Crippen molar-refractivity contribution in [1.29, 1.82) is 0 Å². The molecule has 0 radical (unpaired) electrons. The number of benzene rings is 2. The molecule has 0 aliphatic heterocycles. The normalized spacial score (nSPS) is 12.4. The van der Waals surface area contributed by atoms with E-state index in [1.807, 2.05) is 12.1 Å². The van der Waals surface area contributed by atoms with E-state index in [0.717, 1.165) is 0 Å². The third-order valence-corrected chi connectivity index (χ3v) is 3.81. The second-order valence-corrected chi connectivity index (χ2v) is 5.76. The van der Waals surface area contributed by atoms with Gasteiger partial charge in [-0.25, -0.2) is 4.79 Å². The van der Waals surface area contributed by atoms with Gasteiger partial charge in [0.1, 0.15) is 18.0 Å². The quantitative estimate of drug-likeness (QED) is 0.416. The summed E-state index contributed by atoms with van der Waals surface area (Å²) in [6.45, 7) is 1.42. The number of Topliss-reactive ketones (excluding diaryl/α,β-unsaturated/α-hetero) is 1. The van der Waals surface area contributed by atoms with Crippen LogP contribution in [0.5, 0.6) is 5.75 Å². The second kappa shape index (κ2) is 8.28. The molecule has 1 unspecified atom stereocenters. The Kier molecular flexibility index (Phi) is 5.62. The van der Waals surface area contributed by atoms with Crippen LogP contribution in [0.2, 0.25) is 0 Å². The van der Waals surface area contributed by atoms with Crippen LogP contribution in [-0.4, -0.2) is 35.5 Å². The monoisotopic (exact) mass is 369 g/mol. The highest BCUT2D eigenvalue weighted by Crippen LogP contribution is 2.23. The fraction of sp³-hybridized carbons (Fsp3) is 0.222. The molecular weight excluding hydrogens is 350 g/mol. The first-order valence-electron chi connectivity index (χ1n) is 8.21. The average molecular weight is 369 g/mol. The highest BCUT2D eigenvalue weighted by molar-refractivity contribution is 5.82. The van der Waals surface area contributed by atoms with Gasteiger partial charge >= 0.3 is 5.69 Å². The Balaban J connectivity index is 1.65. The summed E-state index contributed by atoms with van der Waals surface area (Å²) in [7, 11) is 1.56. The molecule has 0 aliphatic rings. The van der Waals surface area contributed by atoms with Crippen LogP contribution in [0.1, 0.15) is 6.92 Å². The lowest BCUT2D eigenvalue weighted by molar-refractivity contribution is -0.119. The summed E-state index contributed by atoms with van der Waals surface area (Å²) >= 11 is 0. The predicted molar refractivity (Wildman–Crippen MR) is 100 cm³/mol. The van der Waals surface area contributed by atoms with Crippen LogP contribution in [0.15, 0.2) is 57.5 Å². The molecule has 0 bridgehead atoms. The molecule has 0 saturated carbocycles. The topological polar surface area (TPSA) is 121 Å². The molecule has 0 amide bonds. The molecule has 0 aliphatic carbocycles. The number of carbonyl (C=O) groups excluding carboxylic acids is 1. The van der Waals surface area contributed by atoms with Crippen LogP contribution in [-0.2, 0) is 9.63 Å². The van der Waals surface area contributed by atoms with E-state index in [0.29, 0.717) is 28.2 Å². The third kappa shape index (κ3) is 4.59. The van der Waals surface area contributed by atoms with Gasteiger partial charge in [-0.15, -0.1) is 0 Å². The van der Waals surface area contributed by atoms with Crippen molar-refractivity contribution in [3.8, 4) is 5.75 Å². The zero-order chi connectivity index (χ0) is 19.2. The minimum absolute atomic E-state index is 0.000113. The Bertz CT molecular complexity index is 1020. The molecule has 140 valence electrons. The van der Waals surface area contributed by atoms with E-state index < -0.39 is 6.04 Å². The smallest absolute Gasteiger partial charge is 0.323 e. The maximum atomic E-state index is 11.8. The van der Waals surface area contributed by atoms with Gasteiger partial charge in [0.05, 0.1) is 23.8 Å². The largest absolute Gasteiger partial charge is 0.495 e. The van der Waals surface area contributed by atoms with Crippen LogP contribution in [0.4, 0.5) is 11.4 Å². The van der Waals surface area contributed by atoms with Crippen molar-refractivity contribution in [2.24, 2.45) is 10.2 Å². The lowest BCUT2D eigenvalue weighted by atomic mass is 10.2. The molecule has 9 heteroatoms. The number of nitrogens with one attached hydrogen (secondary N) is 3. The molecule has 9 nitrogen and oxygen atoms in total. The predicted octanol–water partition coefficient (Wildman–Crippen LogP) is 2.95. The van der Waals surface area contributed by atoms with Gasteiger partial charge in [0.2, 0.25) is 0 Å². The minimum atomic E-state index is -0.770. The minimum Gasteiger partial charge on any atom is -0.495 e. The van der Waals surface area contributed by atoms with E-state index in [1.54, 1.807) is 37.4 Å². The van der Waals surface area contributed by atoms with Crippen molar-refractivity contribution < 1.29 is 14.4 Å². The van der Waals surface area contributed by atoms with Gasteiger partial charge in [-0.05, 0) is 37.3 Å². The number of fused-ring (bicyclic) bond motifs is 1. The van der Waals surface area contributed by atoms with Crippen LogP contribution < -0.4 is 15.9 Å². The van der Waals surface area contributed by atoms with Gasteiger partial charge in [0, 0.05) is 0 Å². The Morgan fingerprint density at radius 1 is 1.19 bits per heavy atom. The molecule has 3 aromatic rings. The molecular formula is C18H19N5O4. The Labute approximate surface area is 154 Å².